The van der Waals surface area contributed by atoms with Gasteiger partial charge in [0.1, 0.15) is 11.4 Å². The van der Waals surface area contributed by atoms with E-state index in [4.69, 9.17) is 10.5 Å². The Kier molecular flexibility index (Phi) is 5.85. The van der Waals surface area contributed by atoms with E-state index in [1.54, 1.807) is 0 Å². The Morgan fingerprint density at radius 3 is 2.71 bits per heavy atom. The normalized spacial score (nSPS) is 10.5. The van der Waals surface area contributed by atoms with E-state index in [9.17, 15) is 14.9 Å². The zero-order valence-corrected chi connectivity index (χ0v) is 15.9. The van der Waals surface area contributed by atoms with E-state index in [0.29, 0.717) is 17.4 Å². The molecule has 0 aliphatic rings. The number of nitrogens with one attached hydrogen (secondary N) is 1. The number of hydrogen-bond acceptors (Lipinski definition) is 7. The highest BCUT2D eigenvalue weighted by Gasteiger charge is 2.17. The highest BCUT2D eigenvalue weighted by atomic mass is 32.1. The van der Waals surface area contributed by atoms with E-state index < -0.39 is 10.8 Å². The summed E-state index contributed by atoms with van der Waals surface area (Å²) in [6.07, 6.45) is 0.939. The molecule has 0 radical (unpaired) electrons. The molecule has 1 heterocycles. The van der Waals surface area contributed by atoms with Crippen LogP contribution in [0.2, 0.25) is 0 Å². The van der Waals surface area contributed by atoms with E-state index in [-0.39, 0.29) is 16.9 Å². The summed E-state index contributed by atoms with van der Waals surface area (Å²) in [6.45, 7) is 2.71. The van der Waals surface area contributed by atoms with Crippen molar-refractivity contribution >= 4 is 33.8 Å². The maximum absolute atomic E-state index is 12.4. The molecule has 0 bridgehead atoms. The minimum Gasteiger partial charge on any atom is -0.494 e. The predicted octanol–water partition coefficient (Wildman–Crippen LogP) is 4.34. The van der Waals surface area contributed by atoms with Crippen molar-refractivity contribution in [3.63, 3.8) is 0 Å². The fourth-order valence-corrected chi connectivity index (χ4v) is 3.13. The van der Waals surface area contributed by atoms with Gasteiger partial charge in [-0.1, -0.05) is 6.92 Å². The summed E-state index contributed by atoms with van der Waals surface area (Å²) >= 11 is 1.27. The molecule has 2 aromatic carbocycles. The molecule has 1 aromatic heterocycles. The van der Waals surface area contributed by atoms with Crippen molar-refractivity contribution in [1.29, 1.82) is 0 Å². The van der Waals surface area contributed by atoms with Crippen LogP contribution in [0.15, 0.2) is 47.8 Å². The number of nitro benzene ring substituents is 1. The summed E-state index contributed by atoms with van der Waals surface area (Å²) in [7, 11) is 0. The fraction of sp³-hybridized carbons (Fsp3) is 0.158. The number of amides is 1. The van der Waals surface area contributed by atoms with Crippen molar-refractivity contribution in [2.24, 2.45) is 0 Å². The molecule has 3 aromatic rings. The van der Waals surface area contributed by atoms with E-state index >= 15 is 0 Å². The van der Waals surface area contributed by atoms with Gasteiger partial charge in [-0.05, 0) is 42.8 Å². The van der Waals surface area contributed by atoms with Gasteiger partial charge < -0.3 is 10.5 Å². The lowest BCUT2D eigenvalue weighted by Crippen LogP contribution is -2.12. The van der Waals surface area contributed by atoms with Gasteiger partial charge in [0, 0.05) is 22.6 Å². The number of ether oxygens (including phenoxy) is 1. The lowest BCUT2D eigenvalue weighted by molar-refractivity contribution is -0.383. The second-order valence-electron chi connectivity index (χ2n) is 5.90. The minimum absolute atomic E-state index is 0.00412. The van der Waals surface area contributed by atoms with Gasteiger partial charge in [0.25, 0.3) is 11.6 Å². The summed E-state index contributed by atoms with van der Waals surface area (Å²) < 4.78 is 5.56. The Bertz CT molecular complexity index is 1000. The van der Waals surface area contributed by atoms with Gasteiger partial charge in [-0.25, -0.2) is 4.98 Å². The Hall–Kier alpha value is -3.46. The maximum atomic E-state index is 12.4. The average Bonchev–Trinajstić information content (AvgIpc) is 3.15. The first-order valence-electron chi connectivity index (χ1n) is 8.52. The SMILES string of the molecule is CCCOc1ccc(-c2csc(NC(=O)c3ccc(N)c([N+](=O)[O-])c3)n2)cc1. The third-order valence-corrected chi connectivity index (χ3v) is 4.59. The Balaban J connectivity index is 1.71. The molecule has 0 saturated carbocycles. The molecule has 3 rings (SSSR count). The number of aromatic nitrogens is 1. The first-order chi connectivity index (χ1) is 13.5. The van der Waals surface area contributed by atoms with Crippen LogP contribution in [0.4, 0.5) is 16.5 Å². The van der Waals surface area contributed by atoms with Crippen LogP contribution in [0.25, 0.3) is 11.3 Å². The molecule has 0 atom stereocenters. The van der Waals surface area contributed by atoms with Crippen molar-refractivity contribution in [1.82, 2.24) is 4.98 Å². The van der Waals surface area contributed by atoms with Gasteiger partial charge in [-0.15, -0.1) is 11.3 Å². The summed E-state index contributed by atoms with van der Waals surface area (Å²) in [5.41, 5.74) is 6.99. The number of anilines is 2. The number of carbonyl (C=O) groups excluding carboxylic acids is 1. The van der Waals surface area contributed by atoms with E-state index in [1.807, 2.05) is 36.6 Å². The minimum atomic E-state index is -0.624. The molecule has 0 spiro atoms. The highest BCUT2D eigenvalue weighted by molar-refractivity contribution is 7.14. The summed E-state index contributed by atoms with van der Waals surface area (Å²) in [5.74, 6) is 0.298. The molecule has 28 heavy (non-hydrogen) atoms. The largest absolute Gasteiger partial charge is 0.494 e. The second kappa shape index (κ2) is 8.49. The van der Waals surface area contributed by atoms with Gasteiger partial charge in [0.05, 0.1) is 17.2 Å². The first-order valence-corrected chi connectivity index (χ1v) is 9.40. The van der Waals surface area contributed by atoms with Gasteiger partial charge in [-0.2, -0.15) is 0 Å². The van der Waals surface area contributed by atoms with Crippen LogP contribution in [-0.4, -0.2) is 22.4 Å². The number of nitrogens with zero attached hydrogens (tertiary/aromatic N) is 2. The second-order valence-corrected chi connectivity index (χ2v) is 6.75. The fourth-order valence-electron chi connectivity index (χ4n) is 2.42. The van der Waals surface area contributed by atoms with Crippen LogP contribution in [0.5, 0.6) is 5.75 Å². The van der Waals surface area contributed by atoms with Crippen molar-refractivity contribution in [2.75, 3.05) is 17.7 Å². The van der Waals surface area contributed by atoms with Crippen LogP contribution in [0, 0.1) is 10.1 Å². The maximum Gasteiger partial charge on any atom is 0.292 e. The molecule has 9 heteroatoms. The number of rotatable bonds is 7. The number of hydrogen-bond donors (Lipinski definition) is 2. The van der Waals surface area contributed by atoms with Crippen LogP contribution in [0.1, 0.15) is 23.7 Å². The lowest BCUT2D eigenvalue weighted by Gasteiger charge is -2.05. The Labute approximate surface area is 165 Å². The third kappa shape index (κ3) is 4.44. The van der Waals surface area contributed by atoms with Gasteiger partial charge >= 0.3 is 0 Å². The van der Waals surface area contributed by atoms with E-state index in [0.717, 1.165) is 23.8 Å². The predicted molar refractivity (Wildman–Crippen MR) is 109 cm³/mol. The Morgan fingerprint density at radius 2 is 2.04 bits per heavy atom. The van der Waals surface area contributed by atoms with E-state index in [1.165, 1.54) is 23.5 Å². The van der Waals surface area contributed by atoms with E-state index in [2.05, 4.69) is 10.3 Å². The number of thiazole rings is 1. The molecule has 144 valence electrons. The topological polar surface area (TPSA) is 120 Å². The monoisotopic (exact) mass is 398 g/mol. The smallest absolute Gasteiger partial charge is 0.292 e. The lowest BCUT2D eigenvalue weighted by atomic mass is 10.1. The number of carbonyl (C=O) groups is 1. The number of nitro groups is 1. The van der Waals surface area contributed by atoms with Crippen molar-refractivity contribution < 1.29 is 14.5 Å². The molecule has 0 aliphatic heterocycles. The van der Waals surface area contributed by atoms with Crippen molar-refractivity contribution in [3.8, 4) is 17.0 Å². The molecule has 0 unspecified atom stereocenters. The van der Waals surface area contributed by atoms with Crippen molar-refractivity contribution in [3.05, 3.63) is 63.5 Å². The quantitative estimate of drug-likeness (QED) is 0.347. The Morgan fingerprint density at radius 1 is 1.29 bits per heavy atom. The standard InChI is InChI=1S/C19H18N4O4S/c1-2-9-27-14-6-3-12(4-7-14)16-11-28-19(21-16)22-18(24)13-5-8-15(20)17(10-13)23(25)26/h3-8,10-11H,2,9,20H2,1H3,(H,21,22,24). The molecule has 0 saturated heterocycles. The number of nitrogen functional groups attached to an aromatic ring is 1. The first kappa shape index (κ1) is 19.3. The highest BCUT2D eigenvalue weighted by Crippen LogP contribution is 2.28. The van der Waals surface area contributed by atoms with Gasteiger partial charge in [0.2, 0.25) is 0 Å². The molecule has 8 nitrogen and oxygen atoms in total. The molecule has 3 N–H and O–H groups in total. The van der Waals surface area contributed by atoms with Gasteiger partial charge in [0.15, 0.2) is 5.13 Å². The molecular weight excluding hydrogens is 380 g/mol. The van der Waals surface area contributed by atoms with Gasteiger partial charge in [-0.3, -0.25) is 20.2 Å². The molecule has 1 amide bonds. The van der Waals surface area contributed by atoms with Crippen molar-refractivity contribution in [2.45, 2.75) is 13.3 Å². The van der Waals surface area contributed by atoms with Crippen LogP contribution >= 0.6 is 11.3 Å². The zero-order chi connectivity index (χ0) is 20.1. The summed E-state index contributed by atoms with van der Waals surface area (Å²) in [4.78, 5) is 27.1. The summed E-state index contributed by atoms with van der Waals surface area (Å²) in [6, 6.07) is 11.5. The average molecular weight is 398 g/mol. The molecular formula is C19H18N4O4S. The van der Waals surface area contributed by atoms with Crippen LogP contribution in [-0.2, 0) is 0 Å². The number of benzene rings is 2. The van der Waals surface area contributed by atoms with Crippen LogP contribution < -0.4 is 15.8 Å². The molecule has 0 aliphatic carbocycles. The van der Waals surface area contributed by atoms with Crippen LogP contribution in [0.3, 0.4) is 0 Å². The summed E-state index contributed by atoms with van der Waals surface area (Å²) in [5, 5.41) is 15.8. The third-order valence-electron chi connectivity index (χ3n) is 3.84. The zero-order valence-electron chi connectivity index (χ0n) is 15.0. The number of nitrogens with two attached hydrogens (primary N) is 1. The molecule has 0 fully saturated rings.